The van der Waals surface area contributed by atoms with Crippen LogP contribution in [0.2, 0.25) is 0 Å². The largest absolute Gasteiger partial charge is 0.341 e. The molecule has 0 amide bonds. The highest BCUT2D eigenvalue weighted by atomic mass is 15.0. The number of H-pyrrole nitrogens is 1. The average molecular weight is 229 g/mol. The minimum Gasteiger partial charge on any atom is -0.341 e. The first-order valence-electron chi connectivity index (χ1n) is 6.41. The quantitative estimate of drug-likeness (QED) is 0.830. The molecular formula is C14H19N3. The van der Waals surface area contributed by atoms with Gasteiger partial charge in [-0.1, -0.05) is 13.0 Å². The fourth-order valence-electron chi connectivity index (χ4n) is 2.79. The number of fused-ring (bicyclic) bond motifs is 1. The van der Waals surface area contributed by atoms with Crippen LogP contribution >= 0.6 is 0 Å². The number of nitrogens with one attached hydrogen (secondary N) is 2. The fraction of sp³-hybridized carbons (Fsp3) is 0.500. The molecule has 1 aromatic heterocycles. The van der Waals surface area contributed by atoms with Crippen LogP contribution in [0.5, 0.6) is 0 Å². The lowest BCUT2D eigenvalue weighted by Crippen LogP contribution is -2.29. The van der Waals surface area contributed by atoms with Gasteiger partial charge in [-0.2, -0.15) is 0 Å². The van der Waals surface area contributed by atoms with E-state index in [-0.39, 0.29) is 5.41 Å². The number of nitrogens with zero attached hydrogens (tertiary/aromatic N) is 1. The molecule has 1 aromatic carbocycles. The molecule has 0 bridgehead atoms. The highest BCUT2D eigenvalue weighted by Crippen LogP contribution is 2.33. The Morgan fingerprint density at radius 3 is 3.00 bits per heavy atom. The number of aryl methyl sites for hydroxylation is 1. The van der Waals surface area contributed by atoms with E-state index in [1.807, 2.05) is 0 Å². The van der Waals surface area contributed by atoms with Crippen LogP contribution in [0.1, 0.15) is 31.2 Å². The van der Waals surface area contributed by atoms with Gasteiger partial charge in [0, 0.05) is 12.0 Å². The van der Waals surface area contributed by atoms with E-state index in [0.29, 0.717) is 0 Å². The first kappa shape index (κ1) is 10.8. The van der Waals surface area contributed by atoms with Crippen LogP contribution in [0.25, 0.3) is 11.0 Å². The second-order valence-electron chi connectivity index (χ2n) is 5.17. The summed E-state index contributed by atoms with van der Waals surface area (Å²) in [6, 6.07) is 6.41. The summed E-state index contributed by atoms with van der Waals surface area (Å²) in [4.78, 5) is 8.30. The van der Waals surface area contributed by atoms with Gasteiger partial charge in [0.15, 0.2) is 0 Å². The Morgan fingerprint density at radius 2 is 2.29 bits per heavy atom. The lowest BCUT2D eigenvalue weighted by molar-refractivity contribution is 0.431. The van der Waals surface area contributed by atoms with Crippen molar-refractivity contribution in [2.45, 2.75) is 32.1 Å². The zero-order valence-electron chi connectivity index (χ0n) is 10.5. The Balaban J connectivity index is 2.11. The van der Waals surface area contributed by atoms with Gasteiger partial charge in [0.1, 0.15) is 5.82 Å². The third-order valence-electron chi connectivity index (χ3n) is 4.06. The lowest BCUT2D eigenvalue weighted by Gasteiger charge is -2.23. The molecule has 17 heavy (non-hydrogen) atoms. The molecule has 3 rings (SSSR count). The van der Waals surface area contributed by atoms with Crippen LogP contribution in [0.4, 0.5) is 0 Å². The van der Waals surface area contributed by atoms with Gasteiger partial charge in [-0.05, 0) is 44.0 Å². The highest BCUT2D eigenvalue weighted by Gasteiger charge is 2.36. The van der Waals surface area contributed by atoms with Crippen molar-refractivity contribution in [3.8, 4) is 0 Å². The van der Waals surface area contributed by atoms with Crippen molar-refractivity contribution in [3.63, 3.8) is 0 Å². The van der Waals surface area contributed by atoms with Crippen LogP contribution < -0.4 is 5.32 Å². The van der Waals surface area contributed by atoms with Crippen molar-refractivity contribution in [1.82, 2.24) is 15.3 Å². The molecule has 90 valence electrons. The maximum absolute atomic E-state index is 4.78. The van der Waals surface area contributed by atoms with E-state index in [2.05, 4.69) is 42.3 Å². The van der Waals surface area contributed by atoms with Crippen LogP contribution in [0.3, 0.4) is 0 Å². The Kier molecular flexibility index (Phi) is 2.44. The van der Waals surface area contributed by atoms with Gasteiger partial charge < -0.3 is 10.3 Å². The standard InChI is InChI=1S/C14H19N3/c1-3-14(6-7-15-9-14)13-16-11-5-4-10(2)8-12(11)17-13/h4-5,8,15H,3,6-7,9H2,1-2H3,(H,16,17). The molecule has 2 heterocycles. The highest BCUT2D eigenvalue weighted by molar-refractivity contribution is 5.76. The average Bonchev–Trinajstić information content (AvgIpc) is 2.94. The molecular weight excluding hydrogens is 210 g/mol. The summed E-state index contributed by atoms with van der Waals surface area (Å²) in [5.41, 5.74) is 3.75. The van der Waals surface area contributed by atoms with Gasteiger partial charge in [-0.25, -0.2) is 4.98 Å². The van der Waals surface area contributed by atoms with Crippen LogP contribution in [-0.4, -0.2) is 23.1 Å². The summed E-state index contributed by atoms with van der Waals surface area (Å²) in [7, 11) is 0. The van der Waals surface area contributed by atoms with Crippen molar-refractivity contribution in [3.05, 3.63) is 29.6 Å². The summed E-state index contributed by atoms with van der Waals surface area (Å²) in [6.07, 6.45) is 2.32. The van der Waals surface area contributed by atoms with Crippen LogP contribution in [0, 0.1) is 6.92 Å². The zero-order chi connectivity index (χ0) is 11.9. The molecule has 1 unspecified atom stereocenters. The van der Waals surface area contributed by atoms with Crippen molar-refractivity contribution in [2.24, 2.45) is 0 Å². The predicted octanol–water partition coefficient (Wildman–Crippen LogP) is 2.51. The molecule has 0 aliphatic carbocycles. The molecule has 0 spiro atoms. The first-order chi connectivity index (χ1) is 8.23. The van der Waals surface area contributed by atoms with E-state index >= 15 is 0 Å². The molecule has 1 aliphatic rings. The van der Waals surface area contributed by atoms with Gasteiger partial charge in [0.25, 0.3) is 0 Å². The number of benzene rings is 1. The maximum Gasteiger partial charge on any atom is 0.114 e. The molecule has 0 saturated carbocycles. The second-order valence-corrected chi connectivity index (χ2v) is 5.17. The first-order valence-corrected chi connectivity index (χ1v) is 6.41. The molecule has 1 fully saturated rings. The maximum atomic E-state index is 4.78. The molecule has 3 heteroatoms. The molecule has 1 aliphatic heterocycles. The van der Waals surface area contributed by atoms with Gasteiger partial charge in [0.2, 0.25) is 0 Å². The number of rotatable bonds is 2. The van der Waals surface area contributed by atoms with E-state index in [0.717, 1.165) is 30.9 Å². The van der Waals surface area contributed by atoms with Gasteiger partial charge in [0.05, 0.1) is 11.0 Å². The smallest absolute Gasteiger partial charge is 0.114 e. The Hall–Kier alpha value is -1.35. The number of aromatic amines is 1. The molecule has 0 radical (unpaired) electrons. The molecule has 2 N–H and O–H groups in total. The number of imidazole rings is 1. The summed E-state index contributed by atoms with van der Waals surface area (Å²) in [5.74, 6) is 1.16. The predicted molar refractivity (Wildman–Crippen MR) is 70.3 cm³/mol. The Morgan fingerprint density at radius 1 is 1.41 bits per heavy atom. The van der Waals surface area contributed by atoms with Crippen molar-refractivity contribution in [2.75, 3.05) is 13.1 Å². The van der Waals surface area contributed by atoms with Crippen molar-refractivity contribution >= 4 is 11.0 Å². The van der Waals surface area contributed by atoms with E-state index in [1.54, 1.807) is 0 Å². The molecule has 1 saturated heterocycles. The molecule has 2 aromatic rings. The summed E-state index contributed by atoms with van der Waals surface area (Å²) >= 11 is 0. The van der Waals surface area contributed by atoms with Crippen molar-refractivity contribution < 1.29 is 0 Å². The number of hydrogen-bond acceptors (Lipinski definition) is 2. The molecule has 1 atom stereocenters. The fourth-order valence-corrected chi connectivity index (χ4v) is 2.79. The van der Waals surface area contributed by atoms with Crippen LogP contribution in [0.15, 0.2) is 18.2 Å². The van der Waals surface area contributed by atoms with E-state index in [9.17, 15) is 0 Å². The Labute approximate surface area is 102 Å². The molecule has 3 nitrogen and oxygen atoms in total. The summed E-state index contributed by atoms with van der Waals surface area (Å²) in [5, 5.41) is 3.46. The van der Waals surface area contributed by atoms with Gasteiger partial charge >= 0.3 is 0 Å². The second kappa shape index (κ2) is 3.84. The third-order valence-corrected chi connectivity index (χ3v) is 4.06. The minimum atomic E-state index is 0.215. The van der Waals surface area contributed by atoms with Crippen molar-refractivity contribution in [1.29, 1.82) is 0 Å². The van der Waals surface area contributed by atoms with E-state index < -0.39 is 0 Å². The Bertz CT molecular complexity index is 535. The number of aromatic nitrogens is 2. The lowest BCUT2D eigenvalue weighted by atomic mass is 9.83. The van der Waals surface area contributed by atoms with Gasteiger partial charge in [-0.15, -0.1) is 0 Å². The van der Waals surface area contributed by atoms with E-state index in [1.165, 1.54) is 17.5 Å². The topological polar surface area (TPSA) is 40.7 Å². The summed E-state index contributed by atoms with van der Waals surface area (Å²) in [6.45, 7) is 6.52. The van der Waals surface area contributed by atoms with Gasteiger partial charge in [-0.3, -0.25) is 0 Å². The minimum absolute atomic E-state index is 0.215. The monoisotopic (exact) mass is 229 g/mol. The summed E-state index contributed by atoms with van der Waals surface area (Å²) < 4.78 is 0. The zero-order valence-corrected chi connectivity index (χ0v) is 10.5. The normalized spacial score (nSPS) is 24.6. The SMILES string of the molecule is CCC1(c2nc3ccc(C)cc3[nH]2)CCNC1. The number of hydrogen-bond donors (Lipinski definition) is 2. The third kappa shape index (κ3) is 1.65. The van der Waals surface area contributed by atoms with E-state index in [4.69, 9.17) is 4.98 Å². The van der Waals surface area contributed by atoms with Crippen LogP contribution in [-0.2, 0) is 5.41 Å².